The summed E-state index contributed by atoms with van der Waals surface area (Å²) in [6, 6.07) is 14.3. The third-order valence-electron chi connectivity index (χ3n) is 5.89. The van der Waals surface area contributed by atoms with Crippen molar-refractivity contribution in [3.63, 3.8) is 0 Å². The summed E-state index contributed by atoms with van der Waals surface area (Å²) in [6.07, 6.45) is -3.02. The number of rotatable bonds is 5. The Bertz CT molecular complexity index is 1590. The van der Waals surface area contributed by atoms with Gasteiger partial charge in [0.05, 0.1) is 12.6 Å². The van der Waals surface area contributed by atoms with E-state index >= 15 is 0 Å². The molecule has 5 rings (SSSR count). The van der Waals surface area contributed by atoms with Gasteiger partial charge in [-0.3, -0.25) is 4.79 Å². The SMILES string of the molecule is COC(=O)[C@H](Cc1c[nH]c2ccccc12)NC(=O)c1cc2c([nH]c3ccccc32)c(C(F)(F)F)n1. The maximum Gasteiger partial charge on any atom is 0.435 e. The standard InChI is InChI=1S/C25H19F3N4O3/c1-35-24(34)20(10-13-12-29-17-8-4-2-6-14(13)17)32-23(33)19-11-16-15-7-3-5-9-18(15)30-21(16)22(31-19)25(26,27)28/h2-9,11-12,20,29-30H,10H2,1H3,(H,32,33)/t20-/m0/s1. The molecule has 0 aliphatic heterocycles. The first-order chi connectivity index (χ1) is 16.8. The number of carbonyl (C=O) groups is 2. The molecule has 1 atom stereocenters. The lowest BCUT2D eigenvalue weighted by atomic mass is 10.0. The van der Waals surface area contributed by atoms with Crippen LogP contribution in [-0.4, -0.2) is 40.0 Å². The number of para-hydroxylation sites is 2. The number of hydrogen-bond donors (Lipinski definition) is 3. The topological polar surface area (TPSA) is 99.9 Å². The fraction of sp³-hybridized carbons (Fsp3) is 0.160. The Balaban J connectivity index is 1.53. The van der Waals surface area contributed by atoms with E-state index in [1.165, 1.54) is 13.2 Å². The van der Waals surface area contributed by atoms with Gasteiger partial charge in [-0.2, -0.15) is 13.2 Å². The number of methoxy groups -OCH3 is 1. The van der Waals surface area contributed by atoms with Crippen molar-refractivity contribution >= 4 is 44.6 Å². The first-order valence-corrected chi connectivity index (χ1v) is 10.7. The third-order valence-corrected chi connectivity index (χ3v) is 5.89. The van der Waals surface area contributed by atoms with E-state index in [2.05, 4.69) is 20.3 Å². The summed E-state index contributed by atoms with van der Waals surface area (Å²) in [5, 5.41) is 4.09. The van der Waals surface area contributed by atoms with Crippen molar-refractivity contribution in [3.8, 4) is 0 Å². The number of hydrogen-bond acceptors (Lipinski definition) is 4. The molecule has 3 heterocycles. The molecular formula is C25H19F3N4O3. The van der Waals surface area contributed by atoms with Gasteiger partial charge in [0.15, 0.2) is 5.69 Å². The first kappa shape index (κ1) is 22.5. The van der Waals surface area contributed by atoms with Gasteiger partial charge in [-0.1, -0.05) is 36.4 Å². The lowest BCUT2D eigenvalue weighted by molar-refractivity contribution is -0.143. The van der Waals surface area contributed by atoms with Crippen LogP contribution in [0.5, 0.6) is 0 Å². The minimum absolute atomic E-state index is 0.0733. The Hall–Kier alpha value is -4.34. The number of carbonyl (C=O) groups excluding carboxylic acids is 2. The molecule has 0 unspecified atom stereocenters. The van der Waals surface area contributed by atoms with Crippen LogP contribution in [0.4, 0.5) is 13.2 Å². The largest absolute Gasteiger partial charge is 0.467 e. The van der Waals surface area contributed by atoms with E-state index in [-0.39, 0.29) is 17.3 Å². The molecule has 35 heavy (non-hydrogen) atoms. The maximum atomic E-state index is 13.8. The maximum absolute atomic E-state index is 13.8. The molecule has 3 aromatic heterocycles. The molecule has 0 spiro atoms. The summed E-state index contributed by atoms with van der Waals surface area (Å²) < 4.78 is 46.4. The number of nitrogens with one attached hydrogen (secondary N) is 3. The van der Waals surface area contributed by atoms with Gasteiger partial charge >= 0.3 is 12.1 Å². The highest BCUT2D eigenvalue weighted by Gasteiger charge is 2.37. The zero-order valence-corrected chi connectivity index (χ0v) is 18.4. The number of pyridine rings is 1. The number of halogens is 3. The van der Waals surface area contributed by atoms with Crippen LogP contribution in [0.1, 0.15) is 21.7 Å². The predicted molar refractivity (Wildman–Crippen MR) is 124 cm³/mol. The summed E-state index contributed by atoms with van der Waals surface area (Å²) >= 11 is 0. The fourth-order valence-corrected chi connectivity index (χ4v) is 4.26. The van der Waals surface area contributed by atoms with Gasteiger partial charge in [-0.25, -0.2) is 9.78 Å². The summed E-state index contributed by atoms with van der Waals surface area (Å²) in [7, 11) is 1.18. The van der Waals surface area contributed by atoms with Crippen molar-refractivity contribution in [1.82, 2.24) is 20.3 Å². The summed E-state index contributed by atoms with van der Waals surface area (Å²) in [5.74, 6) is -1.65. The Morgan fingerprint density at radius 1 is 1.03 bits per heavy atom. The lowest BCUT2D eigenvalue weighted by Gasteiger charge is -2.17. The van der Waals surface area contributed by atoms with Gasteiger partial charge < -0.3 is 20.0 Å². The number of aromatic amines is 2. The molecule has 0 aliphatic carbocycles. The quantitative estimate of drug-likeness (QED) is 0.317. The van der Waals surface area contributed by atoms with Crippen molar-refractivity contribution in [3.05, 3.63) is 77.7 Å². The normalized spacial score (nSPS) is 12.8. The molecule has 10 heteroatoms. The number of esters is 1. The average Bonchev–Trinajstić information content (AvgIpc) is 3.43. The Morgan fingerprint density at radius 3 is 2.43 bits per heavy atom. The summed E-state index contributed by atoms with van der Waals surface area (Å²) in [6.45, 7) is 0. The van der Waals surface area contributed by atoms with Crippen LogP contribution in [0, 0.1) is 0 Å². The molecule has 0 radical (unpaired) electrons. The molecule has 0 saturated carbocycles. The van der Waals surface area contributed by atoms with Crippen molar-refractivity contribution in [1.29, 1.82) is 0 Å². The summed E-state index contributed by atoms with van der Waals surface area (Å²) in [4.78, 5) is 35.0. The van der Waals surface area contributed by atoms with Crippen LogP contribution in [0.3, 0.4) is 0 Å². The van der Waals surface area contributed by atoms with Gasteiger partial charge in [-0.05, 0) is 23.8 Å². The number of H-pyrrole nitrogens is 2. The zero-order chi connectivity index (χ0) is 24.7. The lowest BCUT2D eigenvalue weighted by Crippen LogP contribution is -2.43. The Labute approximate surface area is 196 Å². The van der Waals surface area contributed by atoms with E-state index < -0.39 is 35.5 Å². The molecular weight excluding hydrogens is 461 g/mol. The molecule has 5 aromatic rings. The molecule has 178 valence electrons. The van der Waals surface area contributed by atoms with Gasteiger partial charge in [0.1, 0.15) is 11.7 Å². The second-order valence-electron chi connectivity index (χ2n) is 8.06. The van der Waals surface area contributed by atoms with Gasteiger partial charge in [0.25, 0.3) is 5.91 Å². The van der Waals surface area contributed by atoms with E-state index in [9.17, 15) is 22.8 Å². The first-order valence-electron chi connectivity index (χ1n) is 10.7. The van der Waals surface area contributed by atoms with Crippen LogP contribution in [0.15, 0.2) is 60.8 Å². The van der Waals surface area contributed by atoms with Crippen molar-refractivity contribution < 1.29 is 27.5 Å². The average molecular weight is 480 g/mol. The van der Waals surface area contributed by atoms with Crippen LogP contribution in [-0.2, 0) is 22.1 Å². The van der Waals surface area contributed by atoms with E-state index in [1.54, 1.807) is 30.5 Å². The highest BCUT2D eigenvalue weighted by atomic mass is 19.4. The molecule has 7 nitrogen and oxygen atoms in total. The number of amides is 1. The number of aromatic nitrogens is 3. The van der Waals surface area contributed by atoms with E-state index in [0.29, 0.717) is 10.9 Å². The van der Waals surface area contributed by atoms with Crippen molar-refractivity contribution in [2.45, 2.75) is 18.6 Å². The molecule has 2 aromatic carbocycles. The number of nitrogens with zero attached hydrogens (tertiary/aromatic N) is 1. The molecule has 3 N–H and O–H groups in total. The highest BCUT2D eigenvalue weighted by molar-refractivity contribution is 6.10. The van der Waals surface area contributed by atoms with E-state index in [1.807, 2.05) is 24.3 Å². The van der Waals surface area contributed by atoms with E-state index in [4.69, 9.17) is 4.74 Å². The molecule has 0 bridgehead atoms. The van der Waals surface area contributed by atoms with Gasteiger partial charge in [0, 0.05) is 39.8 Å². The Morgan fingerprint density at radius 2 is 1.71 bits per heavy atom. The number of ether oxygens (including phenoxy) is 1. The second kappa shape index (κ2) is 8.46. The fourth-order valence-electron chi connectivity index (χ4n) is 4.26. The van der Waals surface area contributed by atoms with Crippen LogP contribution in [0.25, 0.3) is 32.7 Å². The highest BCUT2D eigenvalue weighted by Crippen LogP contribution is 2.36. The monoisotopic (exact) mass is 480 g/mol. The van der Waals surface area contributed by atoms with Crippen LogP contribution >= 0.6 is 0 Å². The second-order valence-corrected chi connectivity index (χ2v) is 8.06. The van der Waals surface area contributed by atoms with Crippen molar-refractivity contribution in [2.24, 2.45) is 0 Å². The van der Waals surface area contributed by atoms with Crippen molar-refractivity contribution in [2.75, 3.05) is 7.11 Å². The zero-order valence-electron chi connectivity index (χ0n) is 18.4. The van der Waals surface area contributed by atoms with Crippen LogP contribution < -0.4 is 5.32 Å². The van der Waals surface area contributed by atoms with Gasteiger partial charge in [0.2, 0.25) is 0 Å². The molecule has 0 aliphatic rings. The number of benzene rings is 2. The minimum Gasteiger partial charge on any atom is -0.467 e. The minimum atomic E-state index is -4.80. The van der Waals surface area contributed by atoms with Crippen LogP contribution in [0.2, 0.25) is 0 Å². The Kier molecular flexibility index (Phi) is 5.43. The van der Waals surface area contributed by atoms with Gasteiger partial charge in [-0.15, -0.1) is 0 Å². The number of alkyl halides is 3. The smallest absolute Gasteiger partial charge is 0.435 e. The molecule has 1 amide bonds. The predicted octanol–water partition coefficient (Wildman–Crippen LogP) is 4.73. The molecule has 0 saturated heterocycles. The van der Waals surface area contributed by atoms with E-state index in [0.717, 1.165) is 16.5 Å². The number of fused-ring (bicyclic) bond motifs is 4. The summed E-state index contributed by atoms with van der Waals surface area (Å²) in [5.41, 5.74) is 0.203. The molecule has 0 fully saturated rings. The third kappa shape index (κ3) is 4.07.